The highest BCUT2D eigenvalue weighted by Gasteiger charge is 2.34. The molecule has 2 unspecified atom stereocenters. The van der Waals surface area contributed by atoms with Crippen molar-refractivity contribution in [2.24, 2.45) is 5.92 Å². The maximum atomic E-state index is 4.62. The van der Waals surface area contributed by atoms with E-state index < -0.39 is 0 Å². The highest BCUT2D eigenvalue weighted by atomic mass is 15.2. The zero-order valence-electron chi connectivity index (χ0n) is 10.2. The molecule has 0 saturated heterocycles. The summed E-state index contributed by atoms with van der Waals surface area (Å²) in [4.78, 5) is 4.62. The zero-order valence-corrected chi connectivity index (χ0v) is 10.2. The number of nitrogens with zero attached hydrogens (tertiary/aromatic N) is 2. The highest BCUT2D eigenvalue weighted by Crippen LogP contribution is 2.36. The molecule has 0 aliphatic heterocycles. The Morgan fingerprint density at radius 1 is 1.38 bits per heavy atom. The zero-order chi connectivity index (χ0) is 11.1. The van der Waals surface area contributed by atoms with Gasteiger partial charge in [0.15, 0.2) is 0 Å². The van der Waals surface area contributed by atoms with Crippen LogP contribution in [0.4, 0.5) is 5.95 Å². The van der Waals surface area contributed by atoms with Crippen molar-refractivity contribution in [2.75, 3.05) is 5.32 Å². The molecule has 3 nitrogen and oxygen atoms in total. The van der Waals surface area contributed by atoms with E-state index in [1.807, 2.05) is 0 Å². The van der Waals surface area contributed by atoms with E-state index >= 15 is 0 Å². The second kappa shape index (κ2) is 3.79. The van der Waals surface area contributed by atoms with Crippen LogP contribution in [0.25, 0.3) is 0 Å². The number of rotatable bonds is 3. The maximum Gasteiger partial charge on any atom is 0.203 e. The van der Waals surface area contributed by atoms with Crippen LogP contribution in [-0.2, 0) is 0 Å². The molecule has 1 aromatic rings. The van der Waals surface area contributed by atoms with Crippen molar-refractivity contribution in [1.29, 1.82) is 0 Å². The first-order chi connectivity index (χ1) is 7.74. The first-order valence-electron chi connectivity index (χ1n) is 6.56. The molecule has 2 atom stereocenters. The molecular formula is C13H21N3. The van der Waals surface area contributed by atoms with Crippen LogP contribution in [0.1, 0.15) is 50.8 Å². The van der Waals surface area contributed by atoms with Gasteiger partial charge in [-0.05, 0) is 32.1 Å². The smallest absolute Gasteiger partial charge is 0.203 e. The van der Waals surface area contributed by atoms with Crippen molar-refractivity contribution in [3.8, 4) is 0 Å². The molecule has 0 aromatic carbocycles. The maximum absolute atomic E-state index is 4.62. The van der Waals surface area contributed by atoms with E-state index in [0.29, 0.717) is 12.1 Å². The molecule has 2 saturated carbocycles. The van der Waals surface area contributed by atoms with E-state index in [9.17, 15) is 0 Å². The van der Waals surface area contributed by atoms with E-state index in [4.69, 9.17) is 0 Å². The summed E-state index contributed by atoms with van der Waals surface area (Å²) in [5, 5.41) is 3.58. The molecule has 2 aliphatic carbocycles. The minimum atomic E-state index is 0.668. The van der Waals surface area contributed by atoms with Crippen molar-refractivity contribution < 1.29 is 0 Å². The fourth-order valence-corrected chi connectivity index (χ4v) is 2.77. The first kappa shape index (κ1) is 10.2. The quantitative estimate of drug-likeness (QED) is 0.846. The fourth-order valence-electron chi connectivity index (χ4n) is 2.77. The topological polar surface area (TPSA) is 29.9 Å². The summed E-state index contributed by atoms with van der Waals surface area (Å²) < 4.78 is 2.38. The lowest BCUT2D eigenvalue weighted by atomic mass is 10.2. The van der Waals surface area contributed by atoms with Crippen LogP contribution >= 0.6 is 0 Å². The Labute approximate surface area is 97.3 Å². The number of hydrogen-bond acceptors (Lipinski definition) is 2. The van der Waals surface area contributed by atoms with Gasteiger partial charge < -0.3 is 9.88 Å². The second-order valence-corrected chi connectivity index (χ2v) is 5.52. The number of imidazole rings is 1. The van der Waals surface area contributed by atoms with E-state index in [0.717, 1.165) is 17.6 Å². The lowest BCUT2D eigenvalue weighted by Gasteiger charge is -2.15. The Balaban J connectivity index is 1.79. The third kappa shape index (κ3) is 1.83. The molecule has 3 heteroatoms. The van der Waals surface area contributed by atoms with Gasteiger partial charge in [-0.15, -0.1) is 0 Å². The summed E-state index contributed by atoms with van der Waals surface area (Å²) >= 11 is 0. The molecule has 88 valence electrons. The van der Waals surface area contributed by atoms with Crippen LogP contribution in [0.3, 0.4) is 0 Å². The van der Waals surface area contributed by atoms with Crippen LogP contribution in [0.5, 0.6) is 0 Å². The summed E-state index contributed by atoms with van der Waals surface area (Å²) in [5.74, 6) is 1.94. The van der Waals surface area contributed by atoms with Gasteiger partial charge in [0, 0.05) is 18.3 Å². The molecule has 0 bridgehead atoms. The predicted molar refractivity (Wildman–Crippen MR) is 65.7 cm³/mol. The lowest BCUT2D eigenvalue weighted by Crippen LogP contribution is -2.13. The van der Waals surface area contributed by atoms with Crippen molar-refractivity contribution >= 4 is 5.95 Å². The second-order valence-electron chi connectivity index (χ2n) is 5.52. The first-order valence-corrected chi connectivity index (χ1v) is 6.56. The monoisotopic (exact) mass is 219 g/mol. The number of nitrogens with one attached hydrogen (secondary N) is 1. The minimum absolute atomic E-state index is 0.668. The molecule has 1 N–H and O–H groups in total. The molecule has 0 amide bonds. The van der Waals surface area contributed by atoms with Gasteiger partial charge in [-0.1, -0.05) is 19.8 Å². The molecular weight excluding hydrogens is 198 g/mol. The largest absolute Gasteiger partial charge is 0.353 e. The third-order valence-electron chi connectivity index (χ3n) is 3.99. The van der Waals surface area contributed by atoms with Gasteiger partial charge in [0.25, 0.3) is 0 Å². The third-order valence-corrected chi connectivity index (χ3v) is 3.99. The molecule has 1 aromatic heterocycles. The molecule has 1 heterocycles. The minimum Gasteiger partial charge on any atom is -0.353 e. The van der Waals surface area contributed by atoms with Crippen LogP contribution in [-0.4, -0.2) is 15.6 Å². The average Bonchev–Trinajstić information content (AvgIpc) is 2.73. The van der Waals surface area contributed by atoms with Crippen molar-refractivity contribution in [2.45, 2.75) is 58.0 Å². The number of aromatic nitrogens is 2. The van der Waals surface area contributed by atoms with Crippen LogP contribution in [0, 0.1) is 12.8 Å². The molecule has 16 heavy (non-hydrogen) atoms. The van der Waals surface area contributed by atoms with Crippen LogP contribution in [0.15, 0.2) is 6.20 Å². The molecule has 0 radical (unpaired) electrons. The fraction of sp³-hybridized carbons (Fsp3) is 0.769. The average molecular weight is 219 g/mol. The van der Waals surface area contributed by atoms with Gasteiger partial charge in [-0.2, -0.15) is 0 Å². The summed E-state index contributed by atoms with van der Waals surface area (Å²) in [6, 6.07) is 1.36. The predicted octanol–water partition coefficient (Wildman–Crippen LogP) is 3.13. The van der Waals surface area contributed by atoms with Gasteiger partial charge in [0.2, 0.25) is 5.95 Å². The van der Waals surface area contributed by atoms with E-state index in [-0.39, 0.29) is 0 Å². The van der Waals surface area contributed by atoms with Crippen molar-refractivity contribution in [3.05, 3.63) is 11.9 Å². The van der Waals surface area contributed by atoms with Gasteiger partial charge in [0.1, 0.15) is 0 Å². The van der Waals surface area contributed by atoms with Crippen molar-refractivity contribution in [1.82, 2.24) is 9.55 Å². The summed E-state index contributed by atoms with van der Waals surface area (Å²) in [6.45, 7) is 4.39. The Kier molecular flexibility index (Phi) is 2.41. The van der Waals surface area contributed by atoms with E-state index in [2.05, 4.69) is 34.9 Å². The Hall–Kier alpha value is -0.990. The van der Waals surface area contributed by atoms with Gasteiger partial charge in [0.05, 0.1) is 5.69 Å². The van der Waals surface area contributed by atoms with Gasteiger partial charge in [-0.25, -0.2) is 4.98 Å². The molecule has 0 spiro atoms. The number of aryl methyl sites for hydroxylation is 1. The van der Waals surface area contributed by atoms with E-state index in [1.165, 1.54) is 32.1 Å². The van der Waals surface area contributed by atoms with Gasteiger partial charge in [-0.3, -0.25) is 0 Å². The normalized spacial score (nSPS) is 29.6. The molecule has 2 aliphatic rings. The van der Waals surface area contributed by atoms with Crippen LogP contribution < -0.4 is 5.32 Å². The molecule has 2 fully saturated rings. The number of hydrogen-bond donors (Lipinski definition) is 1. The van der Waals surface area contributed by atoms with Crippen molar-refractivity contribution in [3.63, 3.8) is 0 Å². The van der Waals surface area contributed by atoms with Gasteiger partial charge >= 0.3 is 0 Å². The highest BCUT2D eigenvalue weighted by molar-refractivity contribution is 5.33. The molecule has 3 rings (SSSR count). The Morgan fingerprint density at radius 3 is 2.69 bits per heavy atom. The van der Waals surface area contributed by atoms with Crippen LogP contribution in [0.2, 0.25) is 0 Å². The summed E-state index contributed by atoms with van der Waals surface area (Å²) in [6.07, 6.45) is 8.92. The Bertz CT molecular complexity index is 377. The standard InChI is InChI=1S/C13H21N3/c1-9-7-12(9)15-13-14-10(2)8-16(13)11-5-3-4-6-11/h8-9,11-12H,3-7H2,1-2H3,(H,14,15). The number of anilines is 1. The van der Waals surface area contributed by atoms with E-state index in [1.54, 1.807) is 0 Å². The summed E-state index contributed by atoms with van der Waals surface area (Å²) in [5.41, 5.74) is 1.14. The lowest BCUT2D eigenvalue weighted by molar-refractivity contribution is 0.522. The SMILES string of the molecule is Cc1cn(C2CCCC2)c(NC2CC2C)n1. The summed E-state index contributed by atoms with van der Waals surface area (Å²) in [7, 11) is 0. The Morgan fingerprint density at radius 2 is 2.06 bits per heavy atom.